The van der Waals surface area contributed by atoms with Gasteiger partial charge >= 0.3 is 0 Å². The molecule has 7 nitrogen and oxygen atoms in total. The number of rotatable bonds is 8. The quantitative estimate of drug-likeness (QED) is 0.458. The summed E-state index contributed by atoms with van der Waals surface area (Å²) < 4.78 is 12.5. The van der Waals surface area contributed by atoms with E-state index >= 15 is 0 Å². The van der Waals surface area contributed by atoms with Crippen molar-refractivity contribution in [2.45, 2.75) is 13.0 Å². The largest absolute Gasteiger partial charge is 0.493 e. The Hall–Kier alpha value is -3.32. The fraction of sp³-hybridized carbons (Fsp3) is 0.227. The number of halogens is 1. The number of nitrogens with zero attached hydrogens (tertiary/aromatic N) is 4. The lowest BCUT2D eigenvalue weighted by Crippen LogP contribution is -2.08. The first-order valence-corrected chi connectivity index (χ1v) is 9.91. The van der Waals surface area contributed by atoms with Gasteiger partial charge in [0.25, 0.3) is 0 Å². The van der Waals surface area contributed by atoms with Crippen LogP contribution in [0.15, 0.2) is 55.0 Å². The minimum Gasteiger partial charge on any atom is -0.493 e. The molecule has 0 saturated heterocycles. The molecule has 4 aromatic rings. The van der Waals surface area contributed by atoms with E-state index in [4.69, 9.17) is 21.1 Å². The first kappa shape index (κ1) is 20.0. The molecule has 2 aromatic heterocycles. The van der Waals surface area contributed by atoms with Crippen LogP contribution in [0.2, 0.25) is 5.02 Å². The molecule has 0 spiro atoms. The molecule has 2 aromatic carbocycles. The van der Waals surface area contributed by atoms with Gasteiger partial charge in [-0.1, -0.05) is 29.8 Å². The highest BCUT2D eigenvalue weighted by atomic mass is 35.5. The molecule has 0 amide bonds. The molecule has 0 atom stereocenters. The number of hydrogen-bond donors (Lipinski definition) is 1. The van der Waals surface area contributed by atoms with Gasteiger partial charge in [-0.15, -0.1) is 0 Å². The van der Waals surface area contributed by atoms with Crippen LogP contribution in [0, 0.1) is 0 Å². The topological polar surface area (TPSA) is 74.1 Å². The van der Waals surface area contributed by atoms with Gasteiger partial charge in [0, 0.05) is 11.6 Å². The van der Waals surface area contributed by atoms with Gasteiger partial charge < -0.3 is 14.8 Å². The molecule has 0 bridgehead atoms. The number of fused-ring (bicyclic) bond motifs is 1. The molecule has 30 heavy (non-hydrogen) atoms. The van der Waals surface area contributed by atoms with Gasteiger partial charge in [-0.25, -0.2) is 14.6 Å². The lowest BCUT2D eigenvalue weighted by atomic mass is 10.1. The second kappa shape index (κ2) is 9.00. The maximum atomic E-state index is 5.97. The number of anilines is 1. The van der Waals surface area contributed by atoms with Crippen molar-refractivity contribution in [3.63, 3.8) is 0 Å². The highest BCUT2D eigenvalue weighted by Crippen LogP contribution is 2.28. The molecule has 8 heteroatoms. The van der Waals surface area contributed by atoms with E-state index in [0.29, 0.717) is 18.1 Å². The SMILES string of the molecule is COc1ccc(CCNc2ncnc3c2cnn3Cc2ccc(Cl)cc2)cc1OC. The highest BCUT2D eigenvalue weighted by Gasteiger charge is 2.10. The van der Waals surface area contributed by atoms with Crippen LogP contribution in [0.3, 0.4) is 0 Å². The van der Waals surface area contributed by atoms with Crippen molar-refractivity contribution >= 4 is 28.5 Å². The van der Waals surface area contributed by atoms with Crippen molar-refractivity contribution in [1.82, 2.24) is 19.7 Å². The summed E-state index contributed by atoms with van der Waals surface area (Å²) in [6.07, 6.45) is 4.16. The third kappa shape index (κ3) is 4.31. The molecular formula is C22H22ClN5O2. The van der Waals surface area contributed by atoms with E-state index in [1.54, 1.807) is 26.7 Å². The van der Waals surface area contributed by atoms with Gasteiger partial charge in [-0.05, 0) is 41.8 Å². The molecule has 0 saturated carbocycles. The van der Waals surface area contributed by atoms with Crippen molar-refractivity contribution in [2.24, 2.45) is 0 Å². The summed E-state index contributed by atoms with van der Waals surface area (Å²) >= 11 is 5.97. The normalized spacial score (nSPS) is 10.9. The second-order valence-electron chi connectivity index (χ2n) is 6.75. The molecule has 154 valence electrons. The molecule has 0 aliphatic heterocycles. The first-order valence-electron chi connectivity index (χ1n) is 9.53. The Kier molecular flexibility index (Phi) is 5.99. The fourth-order valence-electron chi connectivity index (χ4n) is 3.27. The summed E-state index contributed by atoms with van der Waals surface area (Å²) in [5.41, 5.74) is 3.03. The Morgan fingerprint density at radius 3 is 2.50 bits per heavy atom. The zero-order valence-electron chi connectivity index (χ0n) is 16.8. The Balaban J connectivity index is 1.46. The minimum absolute atomic E-state index is 0.614. The van der Waals surface area contributed by atoms with Crippen LogP contribution in [0.1, 0.15) is 11.1 Å². The van der Waals surface area contributed by atoms with E-state index in [1.165, 1.54) is 0 Å². The molecule has 1 N–H and O–H groups in total. The minimum atomic E-state index is 0.614. The number of methoxy groups -OCH3 is 2. The van der Waals surface area contributed by atoms with E-state index < -0.39 is 0 Å². The van der Waals surface area contributed by atoms with Crippen LogP contribution < -0.4 is 14.8 Å². The van der Waals surface area contributed by atoms with E-state index in [9.17, 15) is 0 Å². The van der Waals surface area contributed by atoms with Crippen LogP contribution in [-0.2, 0) is 13.0 Å². The lowest BCUT2D eigenvalue weighted by Gasteiger charge is -2.10. The Bertz CT molecular complexity index is 1140. The van der Waals surface area contributed by atoms with Crippen LogP contribution in [0.25, 0.3) is 11.0 Å². The predicted octanol–water partition coefficient (Wildman–Crippen LogP) is 4.20. The maximum absolute atomic E-state index is 5.97. The zero-order valence-corrected chi connectivity index (χ0v) is 17.6. The lowest BCUT2D eigenvalue weighted by molar-refractivity contribution is 0.354. The summed E-state index contributed by atoms with van der Waals surface area (Å²) in [6.45, 7) is 1.33. The van der Waals surface area contributed by atoms with Crippen molar-refractivity contribution in [3.8, 4) is 11.5 Å². The van der Waals surface area contributed by atoms with Gasteiger partial charge in [-0.2, -0.15) is 5.10 Å². The Morgan fingerprint density at radius 2 is 1.73 bits per heavy atom. The van der Waals surface area contributed by atoms with Crippen molar-refractivity contribution < 1.29 is 9.47 Å². The molecule has 0 fully saturated rings. The standard InChI is InChI=1S/C22H22ClN5O2/c1-29-19-8-5-15(11-20(19)30-2)9-10-24-21-18-12-27-28(22(18)26-14-25-21)13-16-3-6-17(23)7-4-16/h3-8,11-12,14H,9-10,13H2,1-2H3,(H,24,25,26). The molecule has 0 aliphatic carbocycles. The molecule has 4 rings (SSSR count). The van der Waals surface area contributed by atoms with Crippen molar-refractivity contribution in [3.05, 3.63) is 71.1 Å². The number of hydrogen-bond acceptors (Lipinski definition) is 6. The summed E-state index contributed by atoms with van der Waals surface area (Å²) in [4.78, 5) is 8.81. The van der Waals surface area contributed by atoms with Crippen molar-refractivity contribution in [1.29, 1.82) is 0 Å². The molecular weight excluding hydrogens is 402 g/mol. The smallest absolute Gasteiger partial charge is 0.163 e. The Morgan fingerprint density at radius 1 is 0.967 bits per heavy atom. The van der Waals surface area contributed by atoms with Crippen LogP contribution in [-0.4, -0.2) is 40.5 Å². The fourth-order valence-corrected chi connectivity index (χ4v) is 3.40. The molecule has 0 aliphatic rings. The van der Waals surface area contributed by atoms with Crippen LogP contribution in [0.4, 0.5) is 5.82 Å². The third-order valence-electron chi connectivity index (χ3n) is 4.83. The number of benzene rings is 2. The monoisotopic (exact) mass is 423 g/mol. The average Bonchev–Trinajstić information content (AvgIpc) is 3.19. The summed E-state index contributed by atoms with van der Waals surface area (Å²) in [5.74, 6) is 2.21. The van der Waals surface area contributed by atoms with E-state index in [2.05, 4.69) is 20.4 Å². The zero-order chi connectivity index (χ0) is 20.9. The van der Waals surface area contributed by atoms with Crippen molar-refractivity contribution in [2.75, 3.05) is 26.1 Å². The van der Waals surface area contributed by atoms with Gasteiger partial charge in [0.15, 0.2) is 17.1 Å². The highest BCUT2D eigenvalue weighted by molar-refractivity contribution is 6.30. The molecule has 0 radical (unpaired) electrons. The predicted molar refractivity (Wildman–Crippen MR) is 118 cm³/mol. The summed E-state index contributed by atoms with van der Waals surface area (Å²) in [6, 6.07) is 13.6. The summed E-state index contributed by atoms with van der Waals surface area (Å²) in [7, 11) is 3.27. The summed E-state index contributed by atoms with van der Waals surface area (Å²) in [5, 5.41) is 9.49. The second-order valence-corrected chi connectivity index (χ2v) is 7.19. The van der Waals surface area contributed by atoms with E-state index in [-0.39, 0.29) is 0 Å². The van der Waals surface area contributed by atoms with Gasteiger partial charge in [-0.3, -0.25) is 0 Å². The molecule has 0 unspecified atom stereocenters. The van der Waals surface area contributed by atoms with Crippen LogP contribution in [0.5, 0.6) is 11.5 Å². The average molecular weight is 424 g/mol. The first-order chi connectivity index (χ1) is 14.7. The molecule has 2 heterocycles. The van der Waals surface area contributed by atoms with E-state index in [0.717, 1.165) is 45.9 Å². The Labute approximate surface area is 179 Å². The van der Waals surface area contributed by atoms with E-state index in [1.807, 2.05) is 47.1 Å². The number of aromatic nitrogens is 4. The number of nitrogens with one attached hydrogen (secondary N) is 1. The van der Waals surface area contributed by atoms with Gasteiger partial charge in [0.1, 0.15) is 12.1 Å². The number of ether oxygens (including phenoxy) is 2. The third-order valence-corrected chi connectivity index (χ3v) is 5.09. The van der Waals surface area contributed by atoms with Gasteiger partial charge in [0.2, 0.25) is 0 Å². The maximum Gasteiger partial charge on any atom is 0.163 e. The van der Waals surface area contributed by atoms with Gasteiger partial charge in [0.05, 0.1) is 32.3 Å². The van der Waals surface area contributed by atoms with Crippen LogP contribution >= 0.6 is 11.6 Å².